The number of nitrogens with zero attached hydrogens (tertiary/aromatic N) is 5. The van der Waals surface area contributed by atoms with Crippen LogP contribution in [0.5, 0.6) is 5.75 Å². The summed E-state index contributed by atoms with van der Waals surface area (Å²) >= 11 is 0. The molecule has 8 heteroatoms. The van der Waals surface area contributed by atoms with Gasteiger partial charge in [0.05, 0.1) is 29.6 Å². The third kappa shape index (κ3) is 8.50. The fourth-order valence-corrected chi connectivity index (χ4v) is 8.53. The number of aromatic amines is 1. The molecule has 292 valence electrons. The van der Waals surface area contributed by atoms with Gasteiger partial charge in [0.1, 0.15) is 17.4 Å². The molecule has 2 aromatic heterocycles. The minimum absolute atomic E-state index is 0.0954. The van der Waals surface area contributed by atoms with Crippen LogP contribution in [0.15, 0.2) is 84.4 Å². The van der Waals surface area contributed by atoms with Gasteiger partial charge in [0.25, 0.3) is 0 Å². The summed E-state index contributed by atoms with van der Waals surface area (Å²) in [6.07, 6.45) is 11.2. The first-order chi connectivity index (χ1) is 26.5. The second-order valence-corrected chi connectivity index (χ2v) is 16.7. The summed E-state index contributed by atoms with van der Waals surface area (Å²) in [5, 5.41) is 1.20. The standard InChI is InChI=1S/C47H62N6O2/c1-10-18-51(33(7)21-30(3)4)29-46-49-28-41(50-46)38-12-14-40-44-25-39-24-37(13-15-42(39)53(44)47(11-2)55-45(40)26-38)32(6)27-48-35(9)52(43-22-31(43)5)34(8)23-36-16-19-54-20-17-36/h12-15,24-28,30-31,36,43,47H,7-8,10-11,16-23,29H2,1-6,9H3,(H,49,50)/b32-27+,48-35?/t31-,43+,47?/m0/s1. The molecule has 2 aliphatic heterocycles. The molecule has 0 bridgehead atoms. The van der Waals surface area contributed by atoms with Gasteiger partial charge >= 0.3 is 0 Å². The zero-order chi connectivity index (χ0) is 38.8. The van der Waals surface area contributed by atoms with Crippen molar-refractivity contribution in [1.82, 2.24) is 24.3 Å². The molecule has 7 rings (SSSR count). The third-order valence-corrected chi connectivity index (χ3v) is 11.7. The summed E-state index contributed by atoms with van der Waals surface area (Å²) in [5.74, 6) is 4.77. The van der Waals surface area contributed by atoms with E-state index in [2.05, 4.69) is 123 Å². The predicted molar refractivity (Wildman–Crippen MR) is 228 cm³/mol. The molecule has 4 aromatic rings. The highest BCUT2D eigenvalue weighted by molar-refractivity contribution is 5.92. The summed E-state index contributed by atoms with van der Waals surface area (Å²) in [7, 11) is 0. The minimum Gasteiger partial charge on any atom is -0.469 e. The van der Waals surface area contributed by atoms with E-state index in [1.165, 1.54) is 40.0 Å². The van der Waals surface area contributed by atoms with Crippen LogP contribution >= 0.6 is 0 Å². The van der Waals surface area contributed by atoms with Crippen LogP contribution in [0.4, 0.5) is 0 Å². The number of nitrogens with one attached hydrogen (secondary N) is 1. The number of hydrogen-bond acceptors (Lipinski definition) is 5. The molecule has 0 amide bonds. The summed E-state index contributed by atoms with van der Waals surface area (Å²) in [6.45, 7) is 27.9. The van der Waals surface area contributed by atoms with Crippen LogP contribution in [0.3, 0.4) is 0 Å². The molecule has 1 unspecified atom stereocenters. The normalized spacial score (nSPS) is 20.0. The van der Waals surface area contributed by atoms with Crippen LogP contribution in [0.1, 0.15) is 111 Å². The van der Waals surface area contributed by atoms with Gasteiger partial charge in [-0.1, -0.05) is 59.9 Å². The molecule has 4 heterocycles. The number of imidazole rings is 1. The number of hydrogen-bond donors (Lipinski definition) is 1. The lowest BCUT2D eigenvalue weighted by molar-refractivity contribution is 0.0651. The van der Waals surface area contributed by atoms with Crippen molar-refractivity contribution < 1.29 is 9.47 Å². The lowest BCUT2D eigenvalue weighted by Crippen LogP contribution is -2.32. The van der Waals surface area contributed by atoms with Crippen molar-refractivity contribution in [2.75, 3.05) is 19.8 Å². The molecule has 0 radical (unpaired) electrons. The van der Waals surface area contributed by atoms with Crippen LogP contribution < -0.4 is 4.74 Å². The maximum atomic E-state index is 6.73. The maximum Gasteiger partial charge on any atom is 0.176 e. The Morgan fingerprint density at radius 3 is 2.56 bits per heavy atom. The van der Waals surface area contributed by atoms with E-state index in [9.17, 15) is 0 Å². The number of amidine groups is 1. The van der Waals surface area contributed by atoms with Crippen molar-refractivity contribution in [2.24, 2.45) is 22.7 Å². The third-order valence-electron chi connectivity index (χ3n) is 11.7. The van der Waals surface area contributed by atoms with Crippen LogP contribution in [0, 0.1) is 17.8 Å². The molecule has 3 aliphatic rings. The van der Waals surface area contributed by atoms with Gasteiger partial charge in [0.2, 0.25) is 0 Å². The van der Waals surface area contributed by atoms with Crippen LogP contribution in [0.25, 0.3) is 39.0 Å². The molecule has 1 aliphatic carbocycles. The first-order valence-corrected chi connectivity index (χ1v) is 20.7. The molecule has 0 spiro atoms. The average Bonchev–Trinajstić information content (AvgIpc) is 3.51. The average molecular weight is 743 g/mol. The van der Waals surface area contributed by atoms with Gasteiger partial charge in [0.15, 0.2) is 6.23 Å². The van der Waals surface area contributed by atoms with Gasteiger partial charge in [0, 0.05) is 66.3 Å². The summed E-state index contributed by atoms with van der Waals surface area (Å²) < 4.78 is 14.7. The lowest BCUT2D eigenvalue weighted by Gasteiger charge is -2.30. The van der Waals surface area contributed by atoms with Gasteiger partial charge in [-0.25, -0.2) is 9.98 Å². The van der Waals surface area contributed by atoms with E-state index < -0.39 is 0 Å². The lowest BCUT2D eigenvalue weighted by atomic mass is 9.94. The van der Waals surface area contributed by atoms with Gasteiger partial charge < -0.3 is 28.8 Å². The van der Waals surface area contributed by atoms with Crippen molar-refractivity contribution in [2.45, 2.75) is 112 Å². The van der Waals surface area contributed by atoms with E-state index in [-0.39, 0.29) is 6.23 Å². The Labute approximate surface area is 329 Å². The number of allylic oxidation sites excluding steroid dienone is 3. The number of H-pyrrole nitrogens is 1. The first-order valence-electron chi connectivity index (χ1n) is 20.7. The van der Waals surface area contributed by atoms with E-state index in [0.717, 1.165) is 105 Å². The van der Waals surface area contributed by atoms with Crippen molar-refractivity contribution in [3.63, 3.8) is 0 Å². The van der Waals surface area contributed by atoms with E-state index in [1.807, 2.05) is 12.4 Å². The van der Waals surface area contributed by atoms with E-state index >= 15 is 0 Å². The van der Waals surface area contributed by atoms with E-state index in [1.54, 1.807) is 0 Å². The molecule has 3 atom stereocenters. The number of fused-ring (bicyclic) bond motifs is 5. The van der Waals surface area contributed by atoms with Crippen molar-refractivity contribution >= 4 is 22.3 Å². The highest BCUT2D eigenvalue weighted by Gasteiger charge is 2.40. The Morgan fingerprint density at radius 1 is 1.07 bits per heavy atom. The quantitative estimate of drug-likeness (QED) is 0.0970. The largest absolute Gasteiger partial charge is 0.469 e. The monoisotopic (exact) mass is 742 g/mol. The Morgan fingerprint density at radius 2 is 1.85 bits per heavy atom. The van der Waals surface area contributed by atoms with Crippen molar-refractivity contribution in [3.05, 3.63) is 90.8 Å². The Bertz CT molecular complexity index is 2080. The minimum atomic E-state index is -0.0954. The molecular weight excluding hydrogens is 681 g/mol. The molecule has 55 heavy (non-hydrogen) atoms. The fraction of sp³-hybridized carbons (Fsp3) is 0.489. The van der Waals surface area contributed by atoms with E-state index in [4.69, 9.17) is 19.5 Å². The van der Waals surface area contributed by atoms with Crippen LogP contribution in [-0.2, 0) is 11.3 Å². The Kier molecular flexibility index (Phi) is 11.7. The van der Waals surface area contributed by atoms with Gasteiger partial charge in [-0.15, -0.1) is 0 Å². The second-order valence-electron chi connectivity index (χ2n) is 16.7. The van der Waals surface area contributed by atoms with Gasteiger partial charge in [-0.3, -0.25) is 0 Å². The zero-order valence-corrected chi connectivity index (χ0v) is 34.3. The van der Waals surface area contributed by atoms with Crippen molar-refractivity contribution in [3.8, 4) is 28.3 Å². The Hall–Kier alpha value is -4.56. The molecule has 1 N–H and O–H groups in total. The summed E-state index contributed by atoms with van der Waals surface area (Å²) in [5.41, 5.74) is 10.2. The first kappa shape index (κ1) is 38.7. The molecule has 8 nitrogen and oxygen atoms in total. The molecule has 2 aromatic carbocycles. The number of benzene rings is 2. The molecular formula is C47H62N6O2. The highest BCUT2D eigenvalue weighted by Crippen LogP contribution is 2.45. The molecule has 1 saturated heterocycles. The summed E-state index contributed by atoms with van der Waals surface area (Å²) in [4.78, 5) is 18.2. The van der Waals surface area contributed by atoms with Crippen molar-refractivity contribution in [1.29, 1.82) is 0 Å². The SMILES string of the molecule is C=C(CC(C)C)N(CCC)Cc1ncc(-c2ccc3c(c2)OC(CC)n2c-3cc3cc(/C(C)=C/N=C(C)N(C(=C)CC4CCOCC4)[C@@H]4C[C@@H]4C)ccc32)[nH]1. The number of aliphatic imine (C=N–C) groups is 1. The summed E-state index contributed by atoms with van der Waals surface area (Å²) in [6, 6.07) is 16.1. The van der Waals surface area contributed by atoms with Crippen LogP contribution in [0.2, 0.25) is 0 Å². The van der Waals surface area contributed by atoms with Gasteiger partial charge in [-0.05, 0) is 112 Å². The second kappa shape index (κ2) is 16.7. The topological polar surface area (TPSA) is 70.9 Å². The number of aromatic nitrogens is 3. The van der Waals surface area contributed by atoms with Gasteiger partial charge in [-0.2, -0.15) is 0 Å². The predicted octanol–water partition coefficient (Wildman–Crippen LogP) is 11.6. The van der Waals surface area contributed by atoms with E-state index in [0.29, 0.717) is 23.8 Å². The highest BCUT2D eigenvalue weighted by atomic mass is 16.5. The van der Waals surface area contributed by atoms with Crippen LogP contribution in [-0.4, -0.2) is 56.0 Å². The number of ether oxygens (including phenoxy) is 2. The number of rotatable bonds is 15. The Balaban J connectivity index is 1.11. The smallest absolute Gasteiger partial charge is 0.176 e. The maximum absolute atomic E-state index is 6.73. The molecule has 1 saturated carbocycles. The zero-order valence-electron chi connectivity index (χ0n) is 34.3. The fourth-order valence-electron chi connectivity index (χ4n) is 8.53. The molecule has 2 fully saturated rings.